The number of rotatable bonds is 6. The predicted molar refractivity (Wildman–Crippen MR) is 92.5 cm³/mol. The van der Waals surface area contributed by atoms with E-state index in [9.17, 15) is 4.79 Å². The van der Waals surface area contributed by atoms with Crippen LogP contribution in [0.5, 0.6) is 0 Å². The summed E-state index contributed by atoms with van der Waals surface area (Å²) in [5, 5.41) is 4.38. The summed E-state index contributed by atoms with van der Waals surface area (Å²) in [5.74, 6) is 1.46. The van der Waals surface area contributed by atoms with Crippen molar-refractivity contribution in [3.63, 3.8) is 0 Å². The number of anilines is 2. The number of amides is 1. The molecular weight excluding hydrogens is 304 g/mol. The number of carbonyl (C=O) groups excluding carboxylic acids is 1. The van der Waals surface area contributed by atoms with Crippen LogP contribution in [0.1, 0.15) is 42.8 Å². The Morgan fingerprint density at radius 2 is 2.19 bits per heavy atom. The fourth-order valence-corrected chi connectivity index (χ4v) is 4.64. The molecule has 1 aliphatic rings. The zero-order chi connectivity index (χ0) is 15.2. The summed E-state index contributed by atoms with van der Waals surface area (Å²) in [6.07, 6.45) is 3.75. The minimum Gasteiger partial charge on any atom is -0.382 e. The Morgan fingerprint density at radius 1 is 1.43 bits per heavy atom. The summed E-state index contributed by atoms with van der Waals surface area (Å²) < 4.78 is 0. The molecule has 0 spiro atoms. The van der Waals surface area contributed by atoms with E-state index in [2.05, 4.69) is 29.0 Å². The van der Waals surface area contributed by atoms with Crippen LogP contribution in [0, 0.1) is 0 Å². The quantitative estimate of drug-likeness (QED) is 0.840. The van der Waals surface area contributed by atoms with Crippen LogP contribution in [0.3, 0.4) is 0 Å². The standard InChI is InChI=1S/C14H24N4OS2/c1-3-18(4-2)14-17-12(15)11(21-14)13(19)16-9-10-7-5-6-8-20-10/h10H,3-9,15H2,1-2H3,(H,16,19). The van der Waals surface area contributed by atoms with Crippen molar-refractivity contribution in [1.82, 2.24) is 10.3 Å². The minimum atomic E-state index is -0.0884. The fourth-order valence-electron chi connectivity index (χ4n) is 2.37. The lowest BCUT2D eigenvalue weighted by Gasteiger charge is -2.21. The van der Waals surface area contributed by atoms with Crippen molar-refractivity contribution in [3.8, 4) is 0 Å². The van der Waals surface area contributed by atoms with Crippen LogP contribution in [-0.4, -0.2) is 41.5 Å². The maximum atomic E-state index is 12.3. The van der Waals surface area contributed by atoms with E-state index in [1.807, 2.05) is 11.8 Å². The number of nitrogens with two attached hydrogens (primary N) is 1. The maximum absolute atomic E-state index is 12.3. The molecule has 1 fully saturated rings. The van der Waals surface area contributed by atoms with Gasteiger partial charge in [0, 0.05) is 24.9 Å². The zero-order valence-electron chi connectivity index (χ0n) is 12.7. The molecule has 0 saturated carbocycles. The first kappa shape index (κ1) is 16.4. The molecule has 1 saturated heterocycles. The van der Waals surface area contributed by atoms with Gasteiger partial charge in [-0.2, -0.15) is 11.8 Å². The Bertz CT molecular complexity index is 468. The highest BCUT2D eigenvalue weighted by Crippen LogP contribution is 2.28. The van der Waals surface area contributed by atoms with E-state index in [1.54, 1.807) is 0 Å². The summed E-state index contributed by atoms with van der Waals surface area (Å²) >= 11 is 3.34. The molecule has 2 rings (SSSR count). The molecule has 1 aromatic heterocycles. The van der Waals surface area contributed by atoms with Gasteiger partial charge in [-0.3, -0.25) is 4.79 Å². The highest BCUT2D eigenvalue weighted by Gasteiger charge is 2.20. The largest absolute Gasteiger partial charge is 0.382 e. The summed E-state index contributed by atoms with van der Waals surface area (Å²) in [6.45, 7) is 6.59. The van der Waals surface area contributed by atoms with E-state index in [4.69, 9.17) is 5.73 Å². The molecule has 1 atom stereocenters. The van der Waals surface area contributed by atoms with Gasteiger partial charge in [-0.15, -0.1) is 0 Å². The lowest BCUT2D eigenvalue weighted by Crippen LogP contribution is -2.31. The van der Waals surface area contributed by atoms with Crippen LogP contribution in [0.2, 0.25) is 0 Å². The van der Waals surface area contributed by atoms with Crippen molar-refractivity contribution >= 4 is 40.0 Å². The number of thioether (sulfide) groups is 1. The van der Waals surface area contributed by atoms with Gasteiger partial charge in [-0.05, 0) is 32.4 Å². The van der Waals surface area contributed by atoms with Crippen molar-refractivity contribution in [2.45, 2.75) is 38.4 Å². The molecule has 118 valence electrons. The lowest BCUT2D eigenvalue weighted by molar-refractivity contribution is 0.0958. The molecule has 0 aliphatic carbocycles. The third kappa shape index (κ3) is 4.26. The first-order chi connectivity index (χ1) is 10.2. The SMILES string of the molecule is CCN(CC)c1nc(N)c(C(=O)NCC2CCCCS2)s1. The van der Waals surface area contributed by atoms with E-state index >= 15 is 0 Å². The lowest BCUT2D eigenvalue weighted by atomic mass is 10.2. The van der Waals surface area contributed by atoms with E-state index in [0.29, 0.717) is 15.9 Å². The smallest absolute Gasteiger partial charge is 0.265 e. The molecule has 0 bridgehead atoms. The van der Waals surface area contributed by atoms with Gasteiger partial charge >= 0.3 is 0 Å². The van der Waals surface area contributed by atoms with Gasteiger partial charge in [-0.25, -0.2) is 4.98 Å². The Labute approximate surface area is 134 Å². The Kier molecular flexibility index (Phi) is 6.17. The number of nitrogens with zero attached hydrogens (tertiary/aromatic N) is 2. The average Bonchev–Trinajstić information content (AvgIpc) is 2.89. The highest BCUT2D eigenvalue weighted by molar-refractivity contribution is 7.99. The monoisotopic (exact) mass is 328 g/mol. The van der Waals surface area contributed by atoms with Gasteiger partial charge in [-0.1, -0.05) is 17.8 Å². The van der Waals surface area contributed by atoms with Crippen LogP contribution in [0.4, 0.5) is 10.9 Å². The molecule has 21 heavy (non-hydrogen) atoms. The van der Waals surface area contributed by atoms with Gasteiger partial charge < -0.3 is 16.0 Å². The third-order valence-electron chi connectivity index (χ3n) is 3.65. The number of hydrogen-bond acceptors (Lipinski definition) is 6. The van der Waals surface area contributed by atoms with Crippen LogP contribution in [0.15, 0.2) is 0 Å². The molecule has 1 aromatic rings. The number of carbonyl (C=O) groups is 1. The summed E-state index contributed by atoms with van der Waals surface area (Å²) in [4.78, 5) is 19.2. The summed E-state index contributed by atoms with van der Waals surface area (Å²) in [7, 11) is 0. The topological polar surface area (TPSA) is 71.2 Å². The van der Waals surface area contributed by atoms with Gasteiger partial charge in [0.2, 0.25) is 0 Å². The van der Waals surface area contributed by atoms with Crippen molar-refractivity contribution in [3.05, 3.63) is 4.88 Å². The minimum absolute atomic E-state index is 0.0884. The van der Waals surface area contributed by atoms with Crippen LogP contribution in [0.25, 0.3) is 0 Å². The van der Waals surface area contributed by atoms with Crippen LogP contribution >= 0.6 is 23.1 Å². The number of nitrogens with one attached hydrogen (secondary N) is 1. The molecule has 7 heteroatoms. The summed E-state index contributed by atoms with van der Waals surface area (Å²) in [6, 6.07) is 0. The van der Waals surface area contributed by atoms with E-state index in [1.165, 1.54) is 36.4 Å². The Morgan fingerprint density at radius 3 is 2.81 bits per heavy atom. The fraction of sp³-hybridized carbons (Fsp3) is 0.714. The van der Waals surface area contributed by atoms with E-state index < -0.39 is 0 Å². The van der Waals surface area contributed by atoms with Crippen LogP contribution < -0.4 is 16.0 Å². The Balaban J connectivity index is 1.95. The second kappa shape index (κ2) is 7.89. The summed E-state index contributed by atoms with van der Waals surface area (Å²) in [5.41, 5.74) is 5.90. The number of hydrogen-bond donors (Lipinski definition) is 2. The normalized spacial score (nSPS) is 18.5. The maximum Gasteiger partial charge on any atom is 0.265 e. The molecule has 1 aliphatic heterocycles. The van der Waals surface area contributed by atoms with Crippen LogP contribution in [-0.2, 0) is 0 Å². The molecule has 0 aromatic carbocycles. The second-order valence-electron chi connectivity index (χ2n) is 5.08. The molecule has 1 amide bonds. The zero-order valence-corrected chi connectivity index (χ0v) is 14.4. The first-order valence-corrected chi connectivity index (χ1v) is 9.43. The second-order valence-corrected chi connectivity index (χ2v) is 7.47. The van der Waals surface area contributed by atoms with Gasteiger partial charge in [0.1, 0.15) is 10.7 Å². The van der Waals surface area contributed by atoms with Crippen molar-refractivity contribution < 1.29 is 4.79 Å². The predicted octanol–water partition coefficient (Wildman–Crippen LogP) is 2.59. The van der Waals surface area contributed by atoms with Crippen molar-refractivity contribution in [1.29, 1.82) is 0 Å². The van der Waals surface area contributed by atoms with Gasteiger partial charge in [0.05, 0.1) is 0 Å². The Hall–Kier alpha value is -0.950. The average molecular weight is 329 g/mol. The highest BCUT2D eigenvalue weighted by atomic mass is 32.2. The molecule has 3 N–H and O–H groups in total. The molecule has 0 radical (unpaired) electrons. The van der Waals surface area contributed by atoms with E-state index in [0.717, 1.165) is 24.8 Å². The third-order valence-corrected chi connectivity index (χ3v) is 6.18. The number of thiazole rings is 1. The number of nitrogen functional groups attached to an aromatic ring is 1. The number of aromatic nitrogens is 1. The first-order valence-electron chi connectivity index (χ1n) is 7.56. The molecular formula is C14H24N4OS2. The van der Waals surface area contributed by atoms with E-state index in [-0.39, 0.29) is 5.91 Å². The van der Waals surface area contributed by atoms with Gasteiger partial charge in [0.15, 0.2) is 5.13 Å². The van der Waals surface area contributed by atoms with Crippen molar-refractivity contribution in [2.75, 3.05) is 36.0 Å². The molecule has 2 heterocycles. The molecule has 1 unspecified atom stereocenters. The molecule has 5 nitrogen and oxygen atoms in total. The van der Waals surface area contributed by atoms with Crippen molar-refractivity contribution in [2.24, 2.45) is 0 Å². The van der Waals surface area contributed by atoms with Gasteiger partial charge in [0.25, 0.3) is 5.91 Å².